The van der Waals surface area contributed by atoms with Crippen LogP contribution in [0.3, 0.4) is 0 Å². The molecule has 0 amide bonds. The normalized spacial score (nSPS) is 10.2. The van der Waals surface area contributed by atoms with E-state index in [9.17, 15) is 4.79 Å². The van der Waals surface area contributed by atoms with E-state index in [4.69, 9.17) is 16.3 Å². The second kappa shape index (κ2) is 6.54. The maximum atomic E-state index is 11.9. The van der Waals surface area contributed by atoms with Gasteiger partial charge in [0.2, 0.25) is 0 Å². The van der Waals surface area contributed by atoms with Crippen molar-refractivity contribution in [1.29, 1.82) is 0 Å². The highest BCUT2D eigenvalue weighted by atomic mass is 35.5. The summed E-state index contributed by atoms with van der Waals surface area (Å²) in [6, 6.07) is 7.66. The van der Waals surface area contributed by atoms with Crippen molar-refractivity contribution in [2.45, 2.75) is 4.90 Å². The van der Waals surface area contributed by atoms with Crippen LogP contribution >= 0.6 is 23.4 Å². The van der Waals surface area contributed by atoms with Crippen molar-refractivity contribution in [3.05, 3.63) is 47.2 Å². The lowest BCUT2D eigenvalue weighted by atomic mass is 10.2. The lowest BCUT2D eigenvalue weighted by Crippen LogP contribution is -2.04. The number of methoxy groups -OCH3 is 1. The Balaban J connectivity index is 1.99. The van der Waals surface area contributed by atoms with Crippen molar-refractivity contribution in [1.82, 2.24) is 9.97 Å². The summed E-state index contributed by atoms with van der Waals surface area (Å²) in [4.78, 5) is 20.6. The highest BCUT2D eigenvalue weighted by molar-refractivity contribution is 8.00. The van der Waals surface area contributed by atoms with Gasteiger partial charge in [0.25, 0.3) is 0 Å². The number of ether oxygens (including phenoxy) is 1. The zero-order valence-electron chi connectivity index (χ0n) is 10.2. The predicted octanol–water partition coefficient (Wildman–Crippen LogP) is 3.11. The number of carbonyl (C=O) groups excluding carboxylic acids is 1. The SMILES string of the molecule is COc1ncc(C(=O)CSc2ccccc2Cl)cn1. The van der Waals surface area contributed by atoms with E-state index in [0.29, 0.717) is 16.3 Å². The van der Waals surface area contributed by atoms with Gasteiger partial charge in [0, 0.05) is 17.3 Å². The number of hydrogen-bond acceptors (Lipinski definition) is 5. The van der Waals surface area contributed by atoms with Crippen LogP contribution < -0.4 is 4.74 Å². The molecule has 1 aromatic carbocycles. The van der Waals surface area contributed by atoms with E-state index < -0.39 is 0 Å². The number of benzene rings is 1. The molecule has 0 saturated heterocycles. The summed E-state index contributed by atoms with van der Waals surface area (Å²) < 4.78 is 4.84. The third kappa shape index (κ3) is 3.68. The largest absolute Gasteiger partial charge is 0.467 e. The Bertz CT molecular complexity index is 575. The fraction of sp³-hybridized carbons (Fsp3) is 0.154. The minimum absolute atomic E-state index is 0.0485. The van der Waals surface area contributed by atoms with Gasteiger partial charge in [-0.05, 0) is 12.1 Å². The summed E-state index contributed by atoms with van der Waals surface area (Å²) >= 11 is 7.41. The molecule has 0 bridgehead atoms. The van der Waals surface area contributed by atoms with E-state index in [1.807, 2.05) is 18.2 Å². The molecule has 4 nitrogen and oxygen atoms in total. The zero-order chi connectivity index (χ0) is 13.7. The number of Topliss-reactive ketones (excluding diaryl/α,β-unsaturated/α-hetero) is 1. The van der Waals surface area contributed by atoms with E-state index in [0.717, 1.165) is 4.90 Å². The summed E-state index contributed by atoms with van der Waals surface area (Å²) in [6.45, 7) is 0. The van der Waals surface area contributed by atoms with Gasteiger partial charge in [0.15, 0.2) is 5.78 Å². The molecule has 0 saturated carbocycles. The first-order chi connectivity index (χ1) is 9.20. The fourth-order valence-electron chi connectivity index (χ4n) is 1.35. The summed E-state index contributed by atoms with van der Waals surface area (Å²) in [5, 5.41) is 0.645. The number of nitrogens with zero attached hydrogens (tertiary/aromatic N) is 2. The van der Waals surface area contributed by atoms with Gasteiger partial charge in [-0.3, -0.25) is 4.79 Å². The maximum Gasteiger partial charge on any atom is 0.316 e. The Morgan fingerprint density at radius 3 is 2.63 bits per heavy atom. The molecule has 0 N–H and O–H groups in total. The molecule has 0 unspecified atom stereocenters. The van der Waals surface area contributed by atoms with Gasteiger partial charge in [0.1, 0.15) is 0 Å². The molecule has 0 spiro atoms. The van der Waals surface area contributed by atoms with Crippen molar-refractivity contribution >= 4 is 29.1 Å². The maximum absolute atomic E-state index is 11.9. The highest BCUT2D eigenvalue weighted by Gasteiger charge is 2.09. The standard InChI is InChI=1S/C13H11ClN2O2S/c1-18-13-15-6-9(7-16-13)11(17)8-19-12-5-3-2-4-10(12)14/h2-7H,8H2,1H3. The van der Waals surface area contributed by atoms with Gasteiger partial charge in [-0.25, -0.2) is 9.97 Å². The number of hydrogen-bond donors (Lipinski definition) is 0. The van der Waals surface area contributed by atoms with Crippen LogP contribution in [0.5, 0.6) is 6.01 Å². The summed E-state index contributed by atoms with van der Waals surface area (Å²) in [6.07, 6.45) is 2.92. The first kappa shape index (κ1) is 13.8. The number of carbonyl (C=O) groups is 1. The molecule has 0 aliphatic heterocycles. The molecule has 0 radical (unpaired) electrons. The Hall–Kier alpha value is -1.59. The lowest BCUT2D eigenvalue weighted by Gasteiger charge is -2.03. The molecule has 0 fully saturated rings. The quantitative estimate of drug-likeness (QED) is 0.626. The van der Waals surface area contributed by atoms with E-state index in [-0.39, 0.29) is 11.8 Å². The Morgan fingerprint density at radius 2 is 2.00 bits per heavy atom. The van der Waals surface area contributed by atoms with E-state index in [2.05, 4.69) is 9.97 Å². The molecule has 0 aliphatic carbocycles. The third-order valence-corrected chi connectivity index (χ3v) is 3.84. The Labute approximate surface area is 120 Å². The van der Waals surface area contributed by atoms with Crippen molar-refractivity contribution in [3.8, 4) is 6.01 Å². The third-order valence-electron chi connectivity index (χ3n) is 2.33. The van der Waals surface area contributed by atoms with Crippen LogP contribution in [0.4, 0.5) is 0 Å². The Kier molecular flexibility index (Phi) is 4.76. The second-order valence-electron chi connectivity index (χ2n) is 3.60. The lowest BCUT2D eigenvalue weighted by molar-refractivity contribution is 0.102. The monoisotopic (exact) mass is 294 g/mol. The van der Waals surface area contributed by atoms with Crippen LogP contribution in [0.25, 0.3) is 0 Å². The first-order valence-electron chi connectivity index (χ1n) is 5.47. The predicted molar refractivity (Wildman–Crippen MR) is 75.1 cm³/mol. The van der Waals surface area contributed by atoms with Crippen molar-refractivity contribution in [3.63, 3.8) is 0 Å². The van der Waals surface area contributed by atoms with E-state index in [1.54, 1.807) is 6.07 Å². The molecule has 2 rings (SSSR count). The minimum atomic E-state index is -0.0485. The summed E-state index contributed by atoms with van der Waals surface area (Å²) in [5.41, 5.74) is 0.459. The second-order valence-corrected chi connectivity index (χ2v) is 5.03. The van der Waals surface area contributed by atoms with Crippen LogP contribution in [0.1, 0.15) is 10.4 Å². The topological polar surface area (TPSA) is 52.1 Å². The molecule has 19 heavy (non-hydrogen) atoms. The van der Waals surface area contributed by atoms with E-state index in [1.165, 1.54) is 31.3 Å². The van der Waals surface area contributed by atoms with Crippen molar-refractivity contribution < 1.29 is 9.53 Å². The first-order valence-corrected chi connectivity index (χ1v) is 6.83. The molecule has 0 atom stereocenters. The molecule has 6 heteroatoms. The van der Waals surface area contributed by atoms with Crippen molar-refractivity contribution in [2.75, 3.05) is 12.9 Å². The molecule has 2 aromatic rings. The van der Waals surface area contributed by atoms with Crippen LogP contribution in [-0.2, 0) is 0 Å². The molecule has 1 heterocycles. The van der Waals surface area contributed by atoms with Crippen molar-refractivity contribution in [2.24, 2.45) is 0 Å². The number of aromatic nitrogens is 2. The number of rotatable bonds is 5. The van der Waals surface area contributed by atoms with Gasteiger partial charge < -0.3 is 4.74 Å². The van der Waals surface area contributed by atoms with Gasteiger partial charge in [-0.1, -0.05) is 23.7 Å². The Morgan fingerprint density at radius 1 is 1.32 bits per heavy atom. The molecule has 98 valence electrons. The highest BCUT2D eigenvalue weighted by Crippen LogP contribution is 2.26. The summed E-state index contributed by atoms with van der Waals surface area (Å²) in [5.74, 6) is 0.243. The number of ketones is 1. The van der Waals surface area contributed by atoms with Crippen LogP contribution in [0, 0.1) is 0 Å². The zero-order valence-corrected chi connectivity index (χ0v) is 11.7. The number of halogens is 1. The molecule has 0 aliphatic rings. The number of thioether (sulfide) groups is 1. The fourth-order valence-corrected chi connectivity index (χ4v) is 2.49. The van der Waals surface area contributed by atoms with E-state index >= 15 is 0 Å². The van der Waals surface area contributed by atoms with Crippen LogP contribution in [0.2, 0.25) is 5.02 Å². The van der Waals surface area contributed by atoms with Gasteiger partial charge in [-0.15, -0.1) is 11.8 Å². The van der Waals surface area contributed by atoms with Crippen LogP contribution in [0.15, 0.2) is 41.6 Å². The average molecular weight is 295 g/mol. The van der Waals surface area contributed by atoms with Gasteiger partial charge in [0.05, 0.1) is 23.4 Å². The average Bonchev–Trinajstić information content (AvgIpc) is 2.46. The smallest absolute Gasteiger partial charge is 0.316 e. The molecular weight excluding hydrogens is 284 g/mol. The summed E-state index contributed by atoms with van der Waals surface area (Å²) in [7, 11) is 1.48. The molecular formula is C13H11ClN2O2S. The van der Waals surface area contributed by atoms with Gasteiger partial charge >= 0.3 is 6.01 Å². The minimum Gasteiger partial charge on any atom is -0.467 e. The van der Waals surface area contributed by atoms with Gasteiger partial charge in [-0.2, -0.15) is 0 Å². The molecule has 1 aromatic heterocycles. The van der Waals surface area contributed by atoms with Crippen LogP contribution in [-0.4, -0.2) is 28.6 Å².